The van der Waals surface area contributed by atoms with Gasteiger partial charge in [-0.3, -0.25) is 4.79 Å². The molecule has 2 unspecified atom stereocenters. The van der Waals surface area contributed by atoms with Crippen molar-refractivity contribution in [2.24, 2.45) is 0 Å². The number of nitrogens with one attached hydrogen (secondary N) is 1. The molecule has 0 bridgehead atoms. The Kier molecular flexibility index (Phi) is 34.9. The molecule has 4 heteroatoms. The lowest BCUT2D eigenvalue weighted by molar-refractivity contribution is -0.123. The van der Waals surface area contributed by atoms with E-state index >= 15 is 0 Å². The van der Waals surface area contributed by atoms with Crippen LogP contribution in [0.15, 0.2) is 12.2 Å². The van der Waals surface area contributed by atoms with Crippen molar-refractivity contribution in [3.63, 3.8) is 0 Å². The third-order valence-corrected chi connectivity index (χ3v) is 9.03. The van der Waals surface area contributed by atoms with Crippen molar-refractivity contribution in [3.8, 4) is 0 Å². The van der Waals surface area contributed by atoms with Crippen LogP contribution in [0.25, 0.3) is 0 Å². The van der Waals surface area contributed by atoms with Crippen LogP contribution in [0.2, 0.25) is 0 Å². The van der Waals surface area contributed by atoms with Crippen LogP contribution in [0, 0.1) is 0 Å². The van der Waals surface area contributed by atoms with E-state index in [1.54, 1.807) is 0 Å². The van der Waals surface area contributed by atoms with Gasteiger partial charge in [-0.2, -0.15) is 0 Å². The second kappa shape index (κ2) is 35.6. The van der Waals surface area contributed by atoms with E-state index in [1.165, 1.54) is 161 Å². The van der Waals surface area contributed by atoms with Crippen LogP contribution in [0.3, 0.4) is 0 Å². The van der Waals surface area contributed by atoms with Crippen molar-refractivity contribution < 1.29 is 15.0 Å². The molecule has 43 heavy (non-hydrogen) atoms. The van der Waals surface area contributed by atoms with E-state index in [9.17, 15) is 15.0 Å². The molecule has 0 aromatic heterocycles. The summed E-state index contributed by atoms with van der Waals surface area (Å²) in [5.41, 5.74) is 0. The minimum absolute atomic E-state index is 0.0412. The molecule has 0 aliphatic rings. The molecule has 4 nitrogen and oxygen atoms in total. The first-order valence-electron chi connectivity index (χ1n) is 19.4. The molecule has 0 aromatic rings. The fraction of sp³-hybridized carbons (Fsp3) is 0.923. The quantitative estimate of drug-likeness (QED) is 0.0496. The smallest absolute Gasteiger partial charge is 0.220 e. The van der Waals surface area contributed by atoms with Gasteiger partial charge < -0.3 is 15.5 Å². The molecular weight excluding hydrogens is 530 g/mol. The molecule has 0 heterocycles. The molecule has 256 valence electrons. The Balaban J connectivity index is 3.49. The second-order valence-corrected chi connectivity index (χ2v) is 13.4. The minimum Gasteiger partial charge on any atom is -0.394 e. The van der Waals surface area contributed by atoms with Gasteiger partial charge >= 0.3 is 0 Å². The lowest BCUT2D eigenvalue weighted by atomic mass is 10.0. The highest BCUT2D eigenvalue weighted by atomic mass is 16.3. The van der Waals surface area contributed by atoms with Crippen LogP contribution in [0.5, 0.6) is 0 Å². The zero-order chi connectivity index (χ0) is 31.5. The van der Waals surface area contributed by atoms with E-state index in [0.29, 0.717) is 12.8 Å². The summed E-state index contributed by atoms with van der Waals surface area (Å²) in [5.74, 6) is -0.0412. The van der Waals surface area contributed by atoms with E-state index in [1.807, 2.05) is 0 Å². The SMILES string of the molecule is CCCC/C=C\CCCCCCCC(=O)NC(CO)C(O)CCCCCCCCCCCCCCCCCCCCCC. The van der Waals surface area contributed by atoms with Crippen LogP contribution in [-0.2, 0) is 4.79 Å². The number of hydrogen-bond donors (Lipinski definition) is 3. The van der Waals surface area contributed by atoms with Gasteiger partial charge in [-0.25, -0.2) is 0 Å². The number of carbonyl (C=O) groups excluding carboxylic acids is 1. The molecule has 0 saturated heterocycles. The first-order chi connectivity index (χ1) is 21.2. The Morgan fingerprint density at radius 2 is 0.907 bits per heavy atom. The minimum atomic E-state index is -0.658. The highest BCUT2D eigenvalue weighted by molar-refractivity contribution is 5.76. The molecule has 2 atom stereocenters. The van der Waals surface area contributed by atoms with Gasteiger partial charge in [0.2, 0.25) is 5.91 Å². The molecule has 0 fully saturated rings. The molecule has 0 aliphatic heterocycles. The van der Waals surface area contributed by atoms with E-state index in [4.69, 9.17) is 0 Å². The Bertz CT molecular complexity index is 579. The van der Waals surface area contributed by atoms with Gasteiger partial charge in [-0.15, -0.1) is 0 Å². The zero-order valence-corrected chi connectivity index (χ0v) is 29.2. The average Bonchev–Trinajstić information content (AvgIpc) is 3.01. The van der Waals surface area contributed by atoms with Gasteiger partial charge in [0.15, 0.2) is 0 Å². The van der Waals surface area contributed by atoms with E-state index in [-0.39, 0.29) is 12.5 Å². The monoisotopic (exact) mass is 608 g/mol. The first kappa shape index (κ1) is 42.1. The average molecular weight is 608 g/mol. The predicted molar refractivity (Wildman–Crippen MR) is 189 cm³/mol. The van der Waals surface area contributed by atoms with Gasteiger partial charge in [-0.05, 0) is 32.1 Å². The van der Waals surface area contributed by atoms with E-state index < -0.39 is 12.1 Å². The Morgan fingerprint density at radius 1 is 0.535 bits per heavy atom. The third-order valence-electron chi connectivity index (χ3n) is 9.03. The molecule has 0 rings (SSSR count). The maximum absolute atomic E-state index is 12.3. The van der Waals surface area contributed by atoms with Crippen LogP contribution >= 0.6 is 0 Å². The largest absolute Gasteiger partial charge is 0.394 e. The lowest BCUT2D eigenvalue weighted by Crippen LogP contribution is -2.45. The Hall–Kier alpha value is -0.870. The summed E-state index contributed by atoms with van der Waals surface area (Å²) < 4.78 is 0. The standard InChI is InChI=1S/C39H77NO3/c1-3-5-7-9-11-13-15-16-17-18-19-20-21-22-23-25-26-28-30-32-34-38(42)37(36-41)40-39(43)35-33-31-29-27-24-14-12-10-8-6-4-2/h10,12,37-38,41-42H,3-9,11,13-36H2,1-2H3,(H,40,43)/b12-10-. The van der Waals surface area contributed by atoms with Crippen LogP contribution < -0.4 is 5.32 Å². The summed E-state index contributed by atoms with van der Waals surface area (Å²) in [6, 6.07) is -0.535. The number of carbonyl (C=O) groups is 1. The number of amides is 1. The summed E-state index contributed by atoms with van der Waals surface area (Å²) in [4.78, 5) is 12.3. The molecule has 1 amide bonds. The van der Waals surface area contributed by atoms with Crippen LogP contribution in [0.1, 0.15) is 213 Å². The number of hydrogen-bond acceptors (Lipinski definition) is 3. The summed E-state index contributed by atoms with van der Waals surface area (Å²) in [6.45, 7) is 4.32. The zero-order valence-electron chi connectivity index (χ0n) is 29.2. The lowest BCUT2D eigenvalue weighted by Gasteiger charge is -2.22. The van der Waals surface area contributed by atoms with Crippen molar-refractivity contribution in [3.05, 3.63) is 12.2 Å². The molecular formula is C39H77NO3. The number of rotatable bonds is 35. The molecule has 0 spiro atoms. The topological polar surface area (TPSA) is 69.6 Å². The van der Waals surface area contributed by atoms with Crippen molar-refractivity contribution in [1.29, 1.82) is 0 Å². The van der Waals surface area contributed by atoms with Crippen molar-refractivity contribution >= 4 is 5.91 Å². The van der Waals surface area contributed by atoms with E-state index in [0.717, 1.165) is 25.7 Å². The Labute approximate surface area is 269 Å². The molecule has 0 radical (unpaired) electrons. The summed E-state index contributed by atoms with van der Waals surface area (Å²) in [5, 5.41) is 23.0. The summed E-state index contributed by atoms with van der Waals surface area (Å²) in [7, 11) is 0. The molecule has 0 saturated carbocycles. The van der Waals surface area contributed by atoms with Crippen molar-refractivity contribution in [1.82, 2.24) is 5.32 Å². The fourth-order valence-electron chi connectivity index (χ4n) is 5.99. The molecule has 0 aliphatic carbocycles. The Morgan fingerprint density at radius 3 is 1.35 bits per heavy atom. The number of unbranched alkanes of at least 4 members (excludes halogenated alkanes) is 26. The number of aliphatic hydroxyl groups is 2. The van der Waals surface area contributed by atoms with Crippen molar-refractivity contribution in [2.75, 3.05) is 6.61 Å². The van der Waals surface area contributed by atoms with Crippen molar-refractivity contribution in [2.45, 2.75) is 225 Å². The second-order valence-electron chi connectivity index (χ2n) is 13.4. The summed E-state index contributed by atoms with van der Waals surface area (Å²) in [6.07, 6.45) is 42.8. The van der Waals surface area contributed by atoms with Gasteiger partial charge in [-0.1, -0.05) is 187 Å². The molecule has 3 N–H and O–H groups in total. The van der Waals surface area contributed by atoms with Gasteiger partial charge in [0.25, 0.3) is 0 Å². The van der Waals surface area contributed by atoms with Gasteiger partial charge in [0.1, 0.15) is 0 Å². The number of allylic oxidation sites excluding steroid dienone is 2. The predicted octanol–water partition coefficient (Wildman–Crippen LogP) is 11.5. The maximum atomic E-state index is 12.3. The van der Waals surface area contributed by atoms with E-state index in [2.05, 4.69) is 31.3 Å². The number of aliphatic hydroxyl groups excluding tert-OH is 2. The first-order valence-corrected chi connectivity index (χ1v) is 19.4. The fourth-order valence-corrected chi connectivity index (χ4v) is 5.99. The normalized spacial score (nSPS) is 13.1. The maximum Gasteiger partial charge on any atom is 0.220 e. The highest BCUT2D eigenvalue weighted by Gasteiger charge is 2.19. The van der Waals surface area contributed by atoms with Gasteiger partial charge in [0.05, 0.1) is 18.8 Å². The molecule has 0 aromatic carbocycles. The van der Waals surface area contributed by atoms with Gasteiger partial charge in [0, 0.05) is 6.42 Å². The third kappa shape index (κ3) is 32.3. The highest BCUT2D eigenvalue weighted by Crippen LogP contribution is 2.16. The van der Waals surface area contributed by atoms with Crippen LogP contribution in [-0.4, -0.2) is 34.9 Å². The summed E-state index contributed by atoms with van der Waals surface area (Å²) >= 11 is 0. The van der Waals surface area contributed by atoms with Crippen LogP contribution in [0.4, 0.5) is 0 Å².